The van der Waals surface area contributed by atoms with E-state index in [0.29, 0.717) is 25.9 Å². The molecule has 2 amide bonds. The first-order valence-electron chi connectivity index (χ1n) is 11.0. The molecule has 29 heavy (non-hydrogen) atoms. The molecule has 3 aliphatic heterocycles. The molecule has 0 bridgehead atoms. The molecule has 1 aromatic heterocycles. The van der Waals surface area contributed by atoms with Gasteiger partial charge in [-0.2, -0.15) is 0 Å². The van der Waals surface area contributed by atoms with Crippen LogP contribution in [-0.2, 0) is 20.9 Å². The monoisotopic (exact) mass is 419 g/mol. The molecular weight excluding hydrogens is 386 g/mol. The average molecular weight is 420 g/mol. The first-order chi connectivity index (χ1) is 14.2. The lowest BCUT2D eigenvalue weighted by Gasteiger charge is -2.42. The second kappa shape index (κ2) is 9.58. The smallest absolute Gasteiger partial charge is 0.242 e. The molecule has 3 aliphatic rings. The summed E-state index contributed by atoms with van der Waals surface area (Å²) in [6.45, 7) is 6.15. The van der Waals surface area contributed by atoms with Crippen molar-refractivity contribution in [3.05, 3.63) is 22.4 Å². The third-order valence-electron chi connectivity index (χ3n) is 6.74. The zero-order chi connectivity index (χ0) is 20.1. The maximum Gasteiger partial charge on any atom is 0.242 e. The molecule has 0 aromatic carbocycles. The Morgan fingerprint density at radius 3 is 2.76 bits per heavy atom. The Morgan fingerprint density at radius 2 is 2.03 bits per heavy atom. The van der Waals surface area contributed by atoms with Crippen molar-refractivity contribution in [2.24, 2.45) is 5.41 Å². The van der Waals surface area contributed by atoms with Gasteiger partial charge in [-0.25, -0.2) is 0 Å². The van der Waals surface area contributed by atoms with Gasteiger partial charge < -0.3 is 19.9 Å². The maximum absolute atomic E-state index is 13.1. The van der Waals surface area contributed by atoms with E-state index in [9.17, 15) is 9.59 Å². The predicted molar refractivity (Wildman–Crippen MR) is 114 cm³/mol. The summed E-state index contributed by atoms with van der Waals surface area (Å²) in [6.07, 6.45) is 6.97. The highest BCUT2D eigenvalue weighted by atomic mass is 32.1. The zero-order valence-electron chi connectivity index (χ0n) is 17.2. The first kappa shape index (κ1) is 20.8. The van der Waals surface area contributed by atoms with E-state index in [1.54, 1.807) is 16.2 Å². The molecule has 3 saturated heterocycles. The number of carbonyl (C=O) groups is 2. The van der Waals surface area contributed by atoms with Crippen LogP contribution in [0.3, 0.4) is 0 Å². The van der Waals surface area contributed by atoms with E-state index >= 15 is 0 Å². The van der Waals surface area contributed by atoms with Crippen LogP contribution in [0.1, 0.15) is 49.8 Å². The Morgan fingerprint density at radius 1 is 1.24 bits per heavy atom. The molecule has 6 nitrogen and oxygen atoms in total. The van der Waals surface area contributed by atoms with Gasteiger partial charge in [-0.05, 0) is 56.6 Å². The SMILES string of the molecule is O=C(NCC1(CN2CCCCC2)CCOCC1)C1CCC(=O)N1Cc1cccs1. The minimum atomic E-state index is -0.337. The molecule has 0 radical (unpaired) electrons. The summed E-state index contributed by atoms with van der Waals surface area (Å²) >= 11 is 1.64. The number of rotatable bonds is 7. The Bertz CT molecular complexity index is 681. The lowest BCUT2D eigenvalue weighted by molar-refractivity contribution is -0.136. The van der Waals surface area contributed by atoms with Gasteiger partial charge in [0, 0.05) is 43.0 Å². The summed E-state index contributed by atoms with van der Waals surface area (Å²) in [4.78, 5) is 30.9. The fraction of sp³-hybridized carbons (Fsp3) is 0.727. The number of amides is 2. The lowest BCUT2D eigenvalue weighted by atomic mass is 9.79. The van der Waals surface area contributed by atoms with Crippen LogP contribution in [0.25, 0.3) is 0 Å². The molecule has 3 fully saturated rings. The Hall–Kier alpha value is -1.44. The molecule has 4 rings (SSSR count). The van der Waals surface area contributed by atoms with E-state index in [2.05, 4.69) is 10.2 Å². The quantitative estimate of drug-likeness (QED) is 0.738. The molecule has 7 heteroatoms. The Kier molecular flexibility index (Phi) is 6.88. The molecule has 1 atom stereocenters. The number of likely N-dealkylation sites (tertiary alicyclic amines) is 2. The van der Waals surface area contributed by atoms with Crippen molar-refractivity contribution in [2.75, 3.05) is 39.4 Å². The number of carbonyl (C=O) groups excluding carboxylic acids is 2. The van der Waals surface area contributed by atoms with Gasteiger partial charge in [0.1, 0.15) is 6.04 Å². The van der Waals surface area contributed by atoms with Crippen LogP contribution in [0.5, 0.6) is 0 Å². The van der Waals surface area contributed by atoms with E-state index < -0.39 is 0 Å². The average Bonchev–Trinajstić information content (AvgIpc) is 3.38. The highest BCUT2D eigenvalue weighted by Gasteiger charge is 2.39. The van der Waals surface area contributed by atoms with Crippen molar-refractivity contribution in [1.82, 2.24) is 15.1 Å². The van der Waals surface area contributed by atoms with Crippen molar-refractivity contribution in [3.63, 3.8) is 0 Å². The number of hydrogen-bond donors (Lipinski definition) is 1. The number of ether oxygens (including phenoxy) is 1. The minimum Gasteiger partial charge on any atom is -0.381 e. The summed E-state index contributed by atoms with van der Waals surface area (Å²) in [7, 11) is 0. The van der Waals surface area contributed by atoms with Gasteiger partial charge in [-0.3, -0.25) is 9.59 Å². The number of piperidine rings is 1. The number of nitrogens with one attached hydrogen (secondary N) is 1. The minimum absolute atomic E-state index is 0.0110. The summed E-state index contributed by atoms with van der Waals surface area (Å²) in [5.41, 5.74) is 0.0897. The first-order valence-corrected chi connectivity index (χ1v) is 11.9. The molecule has 0 saturated carbocycles. The summed E-state index contributed by atoms with van der Waals surface area (Å²) < 4.78 is 5.63. The van der Waals surface area contributed by atoms with Crippen molar-refractivity contribution in [1.29, 1.82) is 0 Å². The van der Waals surface area contributed by atoms with Crippen molar-refractivity contribution in [2.45, 2.75) is 57.5 Å². The van der Waals surface area contributed by atoms with E-state index in [1.165, 1.54) is 32.4 Å². The van der Waals surface area contributed by atoms with Crippen LogP contribution < -0.4 is 5.32 Å². The van der Waals surface area contributed by atoms with Crippen molar-refractivity contribution in [3.8, 4) is 0 Å². The molecule has 1 N–H and O–H groups in total. The zero-order valence-corrected chi connectivity index (χ0v) is 18.1. The van der Waals surface area contributed by atoms with E-state index in [-0.39, 0.29) is 23.3 Å². The van der Waals surface area contributed by atoms with Gasteiger partial charge in [-0.15, -0.1) is 11.3 Å². The normalized spacial score (nSPS) is 25.3. The number of hydrogen-bond acceptors (Lipinski definition) is 5. The maximum atomic E-state index is 13.1. The third kappa shape index (κ3) is 5.19. The van der Waals surface area contributed by atoms with Crippen LogP contribution in [0.4, 0.5) is 0 Å². The molecule has 1 aromatic rings. The second-order valence-electron chi connectivity index (χ2n) is 8.82. The molecule has 4 heterocycles. The predicted octanol–water partition coefficient (Wildman–Crippen LogP) is 2.64. The highest BCUT2D eigenvalue weighted by Crippen LogP contribution is 2.32. The van der Waals surface area contributed by atoms with E-state index in [1.807, 2.05) is 17.5 Å². The second-order valence-corrected chi connectivity index (χ2v) is 9.85. The van der Waals surface area contributed by atoms with Gasteiger partial charge in [0.25, 0.3) is 0 Å². The Labute approximate surface area is 177 Å². The van der Waals surface area contributed by atoms with Crippen LogP contribution in [0.2, 0.25) is 0 Å². The fourth-order valence-electron chi connectivity index (χ4n) is 4.95. The number of nitrogens with zero attached hydrogens (tertiary/aromatic N) is 2. The van der Waals surface area contributed by atoms with Crippen LogP contribution >= 0.6 is 11.3 Å². The molecule has 1 unspecified atom stereocenters. The summed E-state index contributed by atoms with van der Waals surface area (Å²) in [5, 5.41) is 5.26. The van der Waals surface area contributed by atoms with Crippen LogP contribution in [0.15, 0.2) is 17.5 Å². The molecular formula is C22H33N3O3S. The molecule has 0 spiro atoms. The van der Waals surface area contributed by atoms with E-state index in [0.717, 1.165) is 37.5 Å². The van der Waals surface area contributed by atoms with Crippen molar-refractivity contribution >= 4 is 23.2 Å². The van der Waals surface area contributed by atoms with Gasteiger partial charge in [0.2, 0.25) is 11.8 Å². The van der Waals surface area contributed by atoms with Gasteiger partial charge in [0.15, 0.2) is 0 Å². The van der Waals surface area contributed by atoms with Gasteiger partial charge >= 0.3 is 0 Å². The van der Waals surface area contributed by atoms with Crippen LogP contribution in [-0.4, -0.2) is 67.0 Å². The highest BCUT2D eigenvalue weighted by molar-refractivity contribution is 7.09. The summed E-state index contributed by atoms with van der Waals surface area (Å²) in [5.74, 6) is 0.101. The largest absolute Gasteiger partial charge is 0.381 e. The Balaban J connectivity index is 1.37. The van der Waals surface area contributed by atoms with Gasteiger partial charge in [-0.1, -0.05) is 12.5 Å². The third-order valence-corrected chi connectivity index (χ3v) is 7.60. The summed E-state index contributed by atoms with van der Waals surface area (Å²) in [6, 6.07) is 3.68. The molecule has 0 aliphatic carbocycles. The van der Waals surface area contributed by atoms with Crippen LogP contribution in [0, 0.1) is 5.41 Å². The van der Waals surface area contributed by atoms with Gasteiger partial charge in [0.05, 0.1) is 6.54 Å². The van der Waals surface area contributed by atoms with Crippen molar-refractivity contribution < 1.29 is 14.3 Å². The van der Waals surface area contributed by atoms with E-state index in [4.69, 9.17) is 4.74 Å². The topological polar surface area (TPSA) is 61.9 Å². The standard InChI is InChI=1S/C22H33N3O3S/c26-20-7-6-19(25(20)15-18-5-4-14-29-18)21(27)23-16-22(8-12-28-13-9-22)17-24-10-2-1-3-11-24/h4-5,14,19H,1-3,6-13,15-17H2,(H,23,27). The lowest BCUT2D eigenvalue weighted by Crippen LogP contribution is -2.52. The fourth-order valence-corrected chi connectivity index (χ4v) is 5.66. The molecule has 160 valence electrons. The number of thiophene rings is 1.